The van der Waals surface area contributed by atoms with Gasteiger partial charge in [0.1, 0.15) is 0 Å². The van der Waals surface area contributed by atoms with Gasteiger partial charge in [0.25, 0.3) is 0 Å². The largest absolute Gasteiger partial charge is 0.388 e. The molecule has 0 fully saturated rings. The van der Waals surface area contributed by atoms with Crippen molar-refractivity contribution in [2.75, 3.05) is 12.4 Å². The van der Waals surface area contributed by atoms with Crippen molar-refractivity contribution in [3.05, 3.63) is 64.7 Å². The molecular formula is C15H13NO. The van der Waals surface area contributed by atoms with Crippen molar-refractivity contribution in [1.82, 2.24) is 0 Å². The highest BCUT2D eigenvalue weighted by molar-refractivity contribution is 6.15. The lowest BCUT2D eigenvalue weighted by Gasteiger charge is -2.20. The zero-order valence-electron chi connectivity index (χ0n) is 9.66. The van der Waals surface area contributed by atoms with Gasteiger partial charge < -0.3 is 5.32 Å². The Kier molecular flexibility index (Phi) is 2.22. The zero-order chi connectivity index (χ0) is 11.8. The van der Waals surface area contributed by atoms with Crippen LogP contribution in [-0.4, -0.2) is 12.8 Å². The van der Waals surface area contributed by atoms with Gasteiger partial charge in [-0.05, 0) is 23.6 Å². The van der Waals surface area contributed by atoms with Crippen molar-refractivity contribution < 1.29 is 4.79 Å². The first kappa shape index (κ1) is 10.1. The Labute approximate surface area is 100 Å². The lowest BCUT2D eigenvalue weighted by atomic mass is 9.84. The smallest absolute Gasteiger partial charge is 0.195 e. The molecule has 2 heteroatoms. The molecule has 0 unspecified atom stereocenters. The maximum atomic E-state index is 12.4. The zero-order valence-corrected chi connectivity index (χ0v) is 9.66. The molecule has 0 heterocycles. The summed E-state index contributed by atoms with van der Waals surface area (Å²) in [6.07, 6.45) is 0.840. The molecule has 0 saturated heterocycles. The lowest BCUT2D eigenvalue weighted by Crippen LogP contribution is -2.16. The highest BCUT2D eigenvalue weighted by Crippen LogP contribution is 2.31. The third-order valence-electron chi connectivity index (χ3n) is 3.29. The van der Waals surface area contributed by atoms with E-state index in [1.165, 1.54) is 0 Å². The predicted octanol–water partition coefficient (Wildman–Crippen LogP) is 2.86. The third-order valence-corrected chi connectivity index (χ3v) is 3.29. The van der Waals surface area contributed by atoms with E-state index in [0.29, 0.717) is 0 Å². The maximum absolute atomic E-state index is 12.4. The summed E-state index contributed by atoms with van der Waals surface area (Å²) in [7, 11) is 1.85. The second-order valence-electron chi connectivity index (χ2n) is 4.25. The Morgan fingerprint density at radius 2 is 1.76 bits per heavy atom. The number of hydrogen-bond acceptors (Lipinski definition) is 2. The van der Waals surface area contributed by atoms with E-state index >= 15 is 0 Å². The number of anilines is 1. The van der Waals surface area contributed by atoms with Crippen LogP contribution in [0.15, 0.2) is 42.5 Å². The van der Waals surface area contributed by atoms with Crippen molar-refractivity contribution >= 4 is 11.5 Å². The van der Waals surface area contributed by atoms with Gasteiger partial charge in [0.2, 0.25) is 0 Å². The van der Waals surface area contributed by atoms with Gasteiger partial charge in [-0.3, -0.25) is 4.79 Å². The number of carbonyl (C=O) groups is 1. The van der Waals surface area contributed by atoms with Crippen LogP contribution in [0.5, 0.6) is 0 Å². The van der Waals surface area contributed by atoms with Crippen molar-refractivity contribution in [3.63, 3.8) is 0 Å². The summed E-state index contributed by atoms with van der Waals surface area (Å²) in [4.78, 5) is 12.4. The van der Waals surface area contributed by atoms with E-state index < -0.39 is 0 Å². The summed E-state index contributed by atoms with van der Waals surface area (Å²) in [6, 6.07) is 13.8. The molecule has 1 aliphatic carbocycles. The van der Waals surface area contributed by atoms with E-state index in [-0.39, 0.29) is 5.78 Å². The lowest BCUT2D eigenvalue weighted by molar-refractivity contribution is 0.103. The van der Waals surface area contributed by atoms with E-state index in [4.69, 9.17) is 0 Å². The third kappa shape index (κ3) is 1.45. The van der Waals surface area contributed by atoms with Crippen LogP contribution in [0.4, 0.5) is 5.69 Å². The summed E-state index contributed by atoms with van der Waals surface area (Å²) in [5.41, 5.74) is 4.82. The first-order valence-electron chi connectivity index (χ1n) is 5.73. The molecule has 3 rings (SSSR count). The Morgan fingerprint density at radius 3 is 2.59 bits per heavy atom. The van der Waals surface area contributed by atoms with Gasteiger partial charge in [0.05, 0.1) is 0 Å². The molecular weight excluding hydrogens is 210 g/mol. The van der Waals surface area contributed by atoms with Crippen molar-refractivity contribution in [2.45, 2.75) is 6.42 Å². The van der Waals surface area contributed by atoms with Crippen LogP contribution in [0, 0.1) is 0 Å². The molecule has 0 radical (unpaired) electrons. The molecule has 84 valence electrons. The molecule has 2 aromatic rings. The van der Waals surface area contributed by atoms with E-state index in [1.54, 1.807) is 0 Å². The fraction of sp³-hybridized carbons (Fsp3) is 0.133. The molecule has 0 saturated carbocycles. The van der Waals surface area contributed by atoms with E-state index in [0.717, 1.165) is 34.4 Å². The summed E-state index contributed by atoms with van der Waals surface area (Å²) in [6.45, 7) is 0. The fourth-order valence-corrected chi connectivity index (χ4v) is 2.46. The second-order valence-corrected chi connectivity index (χ2v) is 4.25. The quantitative estimate of drug-likeness (QED) is 0.687. The molecule has 0 aromatic heterocycles. The summed E-state index contributed by atoms with van der Waals surface area (Å²) < 4.78 is 0. The van der Waals surface area contributed by atoms with Gasteiger partial charge in [-0.1, -0.05) is 36.4 Å². The Bertz CT molecular complexity index is 602. The Morgan fingerprint density at radius 1 is 1.00 bits per heavy atom. The average Bonchev–Trinajstić information content (AvgIpc) is 2.38. The van der Waals surface area contributed by atoms with E-state index in [1.807, 2.05) is 49.5 Å². The van der Waals surface area contributed by atoms with Gasteiger partial charge >= 0.3 is 0 Å². The SMILES string of the molecule is CNc1cccc2c1C(=O)c1ccccc1C2. The minimum absolute atomic E-state index is 0.131. The van der Waals surface area contributed by atoms with Gasteiger partial charge in [-0.15, -0.1) is 0 Å². The Hall–Kier alpha value is -2.09. The van der Waals surface area contributed by atoms with Crippen LogP contribution in [0.25, 0.3) is 0 Å². The summed E-state index contributed by atoms with van der Waals surface area (Å²) in [5, 5.41) is 3.10. The number of ketones is 1. The predicted molar refractivity (Wildman–Crippen MR) is 68.7 cm³/mol. The highest BCUT2D eigenvalue weighted by atomic mass is 16.1. The number of nitrogens with one attached hydrogen (secondary N) is 1. The van der Waals surface area contributed by atoms with Gasteiger partial charge in [0.15, 0.2) is 5.78 Å². The molecule has 2 nitrogen and oxygen atoms in total. The van der Waals surface area contributed by atoms with E-state index in [9.17, 15) is 4.79 Å². The summed E-state index contributed by atoms with van der Waals surface area (Å²) >= 11 is 0. The molecule has 1 aliphatic rings. The Balaban J connectivity index is 2.24. The van der Waals surface area contributed by atoms with Crippen molar-refractivity contribution in [2.24, 2.45) is 0 Å². The van der Waals surface area contributed by atoms with Gasteiger partial charge in [-0.2, -0.15) is 0 Å². The normalized spacial score (nSPS) is 12.9. The second kappa shape index (κ2) is 3.74. The minimum atomic E-state index is 0.131. The molecule has 0 aliphatic heterocycles. The van der Waals surface area contributed by atoms with Gasteiger partial charge in [-0.25, -0.2) is 0 Å². The molecule has 1 N–H and O–H groups in total. The standard InChI is InChI=1S/C15H13NO/c1-16-13-8-4-6-11-9-10-5-2-3-7-12(10)15(17)14(11)13/h2-8,16H,9H2,1H3. The monoisotopic (exact) mass is 223 g/mol. The van der Waals surface area contributed by atoms with Crippen LogP contribution >= 0.6 is 0 Å². The molecule has 0 bridgehead atoms. The van der Waals surface area contributed by atoms with Crippen LogP contribution in [0.3, 0.4) is 0 Å². The molecule has 2 aromatic carbocycles. The van der Waals surface area contributed by atoms with Crippen molar-refractivity contribution in [3.8, 4) is 0 Å². The van der Waals surface area contributed by atoms with Gasteiger partial charge in [0, 0.05) is 23.9 Å². The number of fused-ring (bicyclic) bond motifs is 2. The topological polar surface area (TPSA) is 29.1 Å². The first-order valence-corrected chi connectivity index (χ1v) is 5.73. The van der Waals surface area contributed by atoms with E-state index in [2.05, 4.69) is 5.32 Å². The van der Waals surface area contributed by atoms with Crippen LogP contribution in [0.2, 0.25) is 0 Å². The maximum Gasteiger partial charge on any atom is 0.195 e. The van der Waals surface area contributed by atoms with Crippen LogP contribution < -0.4 is 5.32 Å². The van der Waals surface area contributed by atoms with Crippen LogP contribution in [0.1, 0.15) is 27.0 Å². The van der Waals surface area contributed by atoms with Crippen molar-refractivity contribution in [1.29, 1.82) is 0 Å². The molecule has 0 atom stereocenters. The first-order chi connectivity index (χ1) is 8.31. The number of rotatable bonds is 1. The molecule has 0 spiro atoms. The molecule has 17 heavy (non-hydrogen) atoms. The summed E-state index contributed by atoms with van der Waals surface area (Å²) in [5.74, 6) is 0.131. The number of benzene rings is 2. The molecule has 0 amide bonds. The van der Waals surface area contributed by atoms with Crippen LogP contribution in [-0.2, 0) is 6.42 Å². The minimum Gasteiger partial charge on any atom is -0.388 e. The fourth-order valence-electron chi connectivity index (χ4n) is 2.46. The average molecular weight is 223 g/mol. The number of hydrogen-bond donors (Lipinski definition) is 1. The number of carbonyl (C=O) groups excluding carboxylic acids is 1. The highest BCUT2D eigenvalue weighted by Gasteiger charge is 2.24.